The molecule has 0 aliphatic carbocycles. The first-order valence-electron chi connectivity index (χ1n) is 4.01. The number of methoxy groups -OCH3 is 1. The van der Waals surface area contributed by atoms with Crippen molar-refractivity contribution in [2.45, 2.75) is 32.6 Å². The summed E-state index contributed by atoms with van der Waals surface area (Å²) in [7, 11) is 3.06. The Morgan fingerprint density at radius 3 is 2.50 bits per heavy atom. The molecule has 0 aliphatic heterocycles. The molecule has 0 heterocycles. The van der Waals surface area contributed by atoms with E-state index >= 15 is 0 Å². The number of amides is 1. The first kappa shape index (κ1) is 11.4. The van der Waals surface area contributed by atoms with Gasteiger partial charge in [0.05, 0.1) is 6.04 Å². The van der Waals surface area contributed by atoms with Crippen molar-refractivity contribution < 1.29 is 14.6 Å². The zero-order valence-electron chi connectivity index (χ0n) is 8.07. The topological polar surface area (TPSA) is 49.8 Å². The largest absolute Gasteiger partial charge is 0.366 e. The second-order valence-electron chi connectivity index (χ2n) is 2.73. The van der Waals surface area contributed by atoms with Crippen LogP contribution in [-0.4, -0.2) is 42.4 Å². The minimum atomic E-state index is -0.912. The van der Waals surface area contributed by atoms with Gasteiger partial charge in [0.15, 0.2) is 6.29 Å². The van der Waals surface area contributed by atoms with Crippen molar-refractivity contribution in [3.05, 3.63) is 0 Å². The third-order valence-corrected chi connectivity index (χ3v) is 1.96. The fraction of sp³-hybridized carbons (Fsp3) is 0.875. The Kier molecular flexibility index (Phi) is 4.85. The molecule has 0 aliphatic rings. The van der Waals surface area contributed by atoms with Gasteiger partial charge in [-0.15, -0.1) is 0 Å². The first-order chi connectivity index (χ1) is 5.54. The number of ether oxygens (including phenoxy) is 1. The van der Waals surface area contributed by atoms with Crippen molar-refractivity contribution in [2.24, 2.45) is 0 Å². The third-order valence-electron chi connectivity index (χ3n) is 1.96. The predicted octanol–water partition coefficient (Wildman–Crippen LogP) is 0.208. The summed E-state index contributed by atoms with van der Waals surface area (Å²) < 4.78 is 4.69. The lowest BCUT2D eigenvalue weighted by Crippen LogP contribution is -2.43. The summed E-state index contributed by atoms with van der Waals surface area (Å²) in [6.45, 7) is 3.52. The number of likely N-dealkylation sites (N-methyl/N-ethyl adjacent to an activating group) is 1. The molecule has 0 spiro atoms. The zero-order valence-corrected chi connectivity index (χ0v) is 8.07. The lowest BCUT2D eigenvalue weighted by molar-refractivity contribution is -0.148. The van der Waals surface area contributed by atoms with Crippen molar-refractivity contribution in [1.29, 1.82) is 0 Å². The predicted molar refractivity (Wildman–Crippen MR) is 45.5 cm³/mol. The number of aliphatic hydroxyl groups is 1. The lowest BCUT2D eigenvalue weighted by atomic mass is 10.2. The maximum atomic E-state index is 11.1. The van der Waals surface area contributed by atoms with E-state index in [0.29, 0.717) is 6.42 Å². The summed E-state index contributed by atoms with van der Waals surface area (Å²) in [6, 6.07) is -0.303. The van der Waals surface area contributed by atoms with Gasteiger partial charge in [-0.1, -0.05) is 6.92 Å². The maximum absolute atomic E-state index is 11.1. The second-order valence-corrected chi connectivity index (χ2v) is 2.73. The summed E-state index contributed by atoms with van der Waals surface area (Å²) in [5.41, 5.74) is 0. The highest BCUT2D eigenvalue weighted by atomic mass is 16.6. The van der Waals surface area contributed by atoms with Crippen LogP contribution in [0.4, 0.5) is 0 Å². The molecule has 0 saturated carbocycles. The number of carbonyl (C=O) groups excluding carboxylic acids is 1. The molecule has 0 aromatic rings. The smallest absolute Gasteiger partial charge is 0.222 e. The SMILES string of the molecule is CCC(=O)N(C)C(C)C(O)OC. The highest BCUT2D eigenvalue weighted by Crippen LogP contribution is 2.04. The highest BCUT2D eigenvalue weighted by molar-refractivity contribution is 5.75. The lowest BCUT2D eigenvalue weighted by Gasteiger charge is -2.27. The Bertz CT molecular complexity index is 149. The van der Waals surface area contributed by atoms with Crippen LogP contribution in [0.5, 0.6) is 0 Å². The standard InChI is InChI=1S/C8H17NO3/c1-5-7(10)9(3)6(2)8(11)12-4/h6,8,11H,5H2,1-4H3. The van der Waals surface area contributed by atoms with Crippen LogP contribution in [0.2, 0.25) is 0 Å². The molecule has 0 fully saturated rings. The van der Waals surface area contributed by atoms with Gasteiger partial charge in [-0.05, 0) is 6.92 Å². The highest BCUT2D eigenvalue weighted by Gasteiger charge is 2.20. The molecule has 0 aromatic carbocycles. The molecule has 2 unspecified atom stereocenters. The summed E-state index contributed by atoms with van der Waals surface area (Å²) in [5.74, 6) is -0.00130. The summed E-state index contributed by atoms with van der Waals surface area (Å²) in [6.07, 6.45) is -0.470. The van der Waals surface area contributed by atoms with Crippen molar-refractivity contribution in [1.82, 2.24) is 4.90 Å². The molecule has 0 radical (unpaired) electrons. The van der Waals surface area contributed by atoms with Crippen LogP contribution < -0.4 is 0 Å². The van der Waals surface area contributed by atoms with Crippen molar-refractivity contribution in [3.8, 4) is 0 Å². The van der Waals surface area contributed by atoms with E-state index in [4.69, 9.17) is 0 Å². The number of hydrogen-bond acceptors (Lipinski definition) is 3. The van der Waals surface area contributed by atoms with E-state index in [9.17, 15) is 9.90 Å². The Labute approximate surface area is 73.1 Å². The quantitative estimate of drug-likeness (QED) is 0.621. The van der Waals surface area contributed by atoms with Gasteiger partial charge in [0.2, 0.25) is 5.91 Å². The van der Waals surface area contributed by atoms with E-state index in [0.717, 1.165) is 0 Å². The van der Waals surface area contributed by atoms with Gasteiger partial charge in [-0.3, -0.25) is 4.79 Å². The van der Waals surface area contributed by atoms with Crippen molar-refractivity contribution >= 4 is 5.91 Å². The van der Waals surface area contributed by atoms with Crippen LogP contribution in [0.3, 0.4) is 0 Å². The van der Waals surface area contributed by atoms with E-state index in [1.165, 1.54) is 12.0 Å². The van der Waals surface area contributed by atoms with Crippen LogP contribution in [0.25, 0.3) is 0 Å². The molecule has 0 saturated heterocycles. The van der Waals surface area contributed by atoms with Crippen LogP contribution in [-0.2, 0) is 9.53 Å². The maximum Gasteiger partial charge on any atom is 0.222 e. The molecule has 1 amide bonds. The number of nitrogens with zero attached hydrogens (tertiary/aromatic N) is 1. The fourth-order valence-electron chi connectivity index (χ4n) is 0.865. The fourth-order valence-corrected chi connectivity index (χ4v) is 0.865. The summed E-state index contributed by atoms with van der Waals surface area (Å²) in [4.78, 5) is 12.6. The van der Waals surface area contributed by atoms with Gasteiger partial charge in [0, 0.05) is 20.6 Å². The minimum absolute atomic E-state index is 0.00130. The Morgan fingerprint density at radius 1 is 1.67 bits per heavy atom. The van der Waals surface area contributed by atoms with E-state index in [1.54, 1.807) is 20.9 Å². The molecule has 4 heteroatoms. The van der Waals surface area contributed by atoms with Crippen LogP contribution in [0, 0.1) is 0 Å². The zero-order chi connectivity index (χ0) is 9.72. The molecule has 1 N–H and O–H groups in total. The molecule has 0 aromatic heterocycles. The molecular weight excluding hydrogens is 158 g/mol. The van der Waals surface area contributed by atoms with E-state index in [2.05, 4.69) is 4.74 Å². The van der Waals surface area contributed by atoms with E-state index in [-0.39, 0.29) is 11.9 Å². The molecular formula is C8H17NO3. The third kappa shape index (κ3) is 2.79. The van der Waals surface area contributed by atoms with E-state index < -0.39 is 6.29 Å². The van der Waals surface area contributed by atoms with Gasteiger partial charge in [-0.2, -0.15) is 0 Å². The molecule has 0 rings (SSSR count). The first-order valence-corrected chi connectivity index (χ1v) is 4.01. The summed E-state index contributed by atoms with van der Waals surface area (Å²) in [5, 5.41) is 9.23. The van der Waals surface area contributed by atoms with Gasteiger partial charge < -0.3 is 14.7 Å². The van der Waals surface area contributed by atoms with Crippen molar-refractivity contribution in [3.63, 3.8) is 0 Å². The van der Waals surface area contributed by atoms with Gasteiger partial charge >= 0.3 is 0 Å². The molecule has 0 bridgehead atoms. The minimum Gasteiger partial charge on any atom is -0.366 e. The van der Waals surface area contributed by atoms with Gasteiger partial charge in [0.25, 0.3) is 0 Å². The number of rotatable bonds is 4. The van der Waals surface area contributed by atoms with Crippen LogP contribution in [0.15, 0.2) is 0 Å². The molecule has 2 atom stereocenters. The number of carbonyl (C=O) groups is 1. The molecule has 72 valence electrons. The Hall–Kier alpha value is -0.610. The van der Waals surface area contributed by atoms with Crippen molar-refractivity contribution in [2.75, 3.05) is 14.2 Å². The van der Waals surface area contributed by atoms with Crippen LogP contribution in [0.1, 0.15) is 20.3 Å². The Balaban J connectivity index is 4.08. The monoisotopic (exact) mass is 175 g/mol. The average molecular weight is 175 g/mol. The Morgan fingerprint density at radius 2 is 2.17 bits per heavy atom. The molecule has 4 nitrogen and oxygen atoms in total. The number of aliphatic hydroxyl groups excluding tert-OH is 1. The number of hydrogen-bond donors (Lipinski definition) is 1. The summed E-state index contributed by atoms with van der Waals surface area (Å²) >= 11 is 0. The normalized spacial score (nSPS) is 15.4. The average Bonchev–Trinajstić information content (AvgIpc) is 2.12. The van der Waals surface area contributed by atoms with Gasteiger partial charge in [0.1, 0.15) is 0 Å². The van der Waals surface area contributed by atoms with E-state index in [1.807, 2.05) is 0 Å². The second kappa shape index (κ2) is 5.11. The molecule has 12 heavy (non-hydrogen) atoms. The van der Waals surface area contributed by atoms with Gasteiger partial charge in [-0.25, -0.2) is 0 Å². The van der Waals surface area contributed by atoms with Crippen LogP contribution >= 0.6 is 0 Å².